The smallest absolute Gasteiger partial charge is 0.257 e. The number of rotatable bonds is 5. The second-order valence-electron chi connectivity index (χ2n) is 2.55. The van der Waals surface area contributed by atoms with Gasteiger partial charge in [0.25, 0.3) is 0 Å². The van der Waals surface area contributed by atoms with Crippen LogP contribution < -0.4 is 0 Å². The van der Waals surface area contributed by atoms with Gasteiger partial charge in [-0.15, -0.1) is 9.42 Å². The first-order valence-corrected chi connectivity index (χ1v) is 6.48. The van der Waals surface area contributed by atoms with Crippen LogP contribution in [-0.4, -0.2) is 15.0 Å². The Morgan fingerprint density at radius 2 is 2.00 bits per heavy atom. The summed E-state index contributed by atoms with van der Waals surface area (Å²) in [4.78, 5) is 8.32. The first-order chi connectivity index (χ1) is 6.68. The second kappa shape index (κ2) is 5.98. The maximum absolute atomic E-state index is 11.3. The van der Waals surface area contributed by atoms with Crippen molar-refractivity contribution >= 4 is 19.1 Å². The predicted molar refractivity (Wildman–Crippen MR) is 54.1 cm³/mol. The average molecular weight is 233 g/mol. The van der Waals surface area contributed by atoms with Gasteiger partial charge in [-0.05, 0) is 5.56 Å². The third kappa shape index (κ3) is 4.58. The van der Waals surface area contributed by atoms with E-state index in [0.29, 0.717) is 5.75 Å². The molecule has 14 heavy (non-hydrogen) atoms. The van der Waals surface area contributed by atoms with Gasteiger partial charge in [-0.1, -0.05) is 30.3 Å². The molecule has 0 radical (unpaired) electrons. The highest BCUT2D eigenvalue weighted by Gasteiger charge is 2.14. The molecule has 0 heterocycles. The van der Waals surface area contributed by atoms with Crippen LogP contribution in [0.2, 0.25) is 0 Å². The SMILES string of the molecule is O=[P+](O)OCS(=O)Cc1ccccc1. The van der Waals surface area contributed by atoms with Crippen LogP contribution >= 0.6 is 8.25 Å². The Hall–Kier alpha value is -0.610. The van der Waals surface area contributed by atoms with Gasteiger partial charge in [-0.25, -0.2) is 0 Å². The molecule has 0 aliphatic carbocycles. The topological polar surface area (TPSA) is 63.6 Å². The van der Waals surface area contributed by atoms with Gasteiger partial charge in [0.1, 0.15) is 0 Å². The highest BCUT2D eigenvalue weighted by Crippen LogP contribution is 2.15. The van der Waals surface area contributed by atoms with Crippen molar-refractivity contribution in [3.05, 3.63) is 35.9 Å². The number of benzene rings is 1. The van der Waals surface area contributed by atoms with Gasteiger partial charge in [0.15, 0.2) is 5.94 Å². The van der Waals surface area contributed by atoms with Gasteiger partial charge in [0, 0.05) is 4.57 Å². The van der Waals surface area contributed by atoms with Crippen molar-refractivity contribution < 1.29 is 18.2 Å². The first kappa shape index (κ1) is 11.5. The summed E-state index contributed by atoms with van der Waals surface area (Å²) >= 11 is 0. The lowest BCUT2D eigenvalue weighted by molar-refractivity contribution is 0.327. The summed E-state index contributed by atoms with van der Waals surface area (Å²) in [6, 6.07) is 9.25. The van der Waals surface area contributed by atoms with Crippen molar-refractivity contribution in [2.75, 3.05) is 5.94 Å². The summed E-state index contributed by atoms with van der Waals surface area (Å²) in [5.74, 6) is 0.130. The fourth-order valence-electron chi connectivity index (χ4n) is 0.906. The molecule has 0 spiro atoms. The Kier molecular flexibility index (Phi) is 4.90. The number of hydrogen-bond acceptors (Lipinski definition) is 3. The summed E-state index contributed by atoms with van der Waals surface area (Å²) < 4.78 is 25.8. The van der Waals surface area contributed by atoms with Crippen molar-refractivity contribution in [2.24, 2.45) is 0 Å². The highest BCUT2D eigenvalue weighted by atomic mass is 32.2. The molecular weight excluding hydrogens is 223 g/mol. The standard InChI is InChI=1S/C8H9O4PS/c9-13(10)12-7-14(11)6-8-4-2-1-3-5-8/h1-5H,6-7H2/p+1. The van der Waals surface area contributed by atoms with Crippen molar-refractivity contribution in [2.45, 2.75) is 5.75 Å². The lowest BCUT2D eigenvalue weighted by Gasteiger charge is -1.97. The van der Waals surface area contributed by atoms with Crippen molar-refractivity contribution in [1.82, 2.24) is 0 Å². The Morgan fingerprint density at radius 3 is 2.57 bits per heavy atom. The van der Waals surface area contributed by atoms with E-state index in [2.05, 4.69) is 4.52 Å². The zero-order valence-corrected chi connectivity index (χ0v) is 9.04. The molecule has 1 rings (SSSR count). The molecule has 1 aromatic rings. The third-order valence-corrected chi connectivity index (χ3v) is 3.03. The molecule has 0 aliphatic rings. The summed E-state index contributed by atoms with van der Waals surface area (Å²) in [6.45, 7) is 0. The van der Waals surface area contributed by atoms with E-state index in [4.69, 9.17) is 4.89 Å². The number of hydrogen-bond donors (Lipinski definition) is 1. The van der Waals surface area contributed by atoms with E-state index in [1.54, 1.807) is 0 Å². The molecule has 0 bridgehead atoms. The average Bonchev–Trinajstić information content (AvgIpc) is 2.16. The lowest BCUT2D eigenvalue weighted by atomic mass is 10.2. The van der Waals surface area contributed by atoms with E-state index < -0.39 is 19.1 Å². The van der Waals surface area contributed by atoms with Gasteiger partial charge in [0.05, 0.1) is 16.6 Å². The summed E-state index contributed by atoms with van der Waals surface area (Å²) in [5.41, 5.74) is 0.919. The van der Waals surface area contributed by atoms with Crippen LogP contribution in [0.3, 0.4) is 0 Å². The van der Waals surface area contributed by atoms with E-state index in [0.717, 1.165) is 5.56 Å². The highest BCUT2D eigenvalue weighted by molar-refractivity contribution is 7.84. The van der Waals surface area contributed by atoms with Gasteiger partial charge < -0.3 is 0 Å². The van der Waals surface area contributed by atoms with Crippen molar-refractivity contribution in [3.63, 3.8) is 0 Å². The Labute approximate surface area is 85.3 Å². The fourth-order valence-corrected chi connectivity index (χ4v) is 2.38. The molecule has 76 valence electrons. The van der Waals surface area contributed by atoms with Crippen LogP contribution in [0.15, 0.2) is 30.3 Å². The largest absolute Gasteiger partial charge is 0.695 e. The molecule has 2 unspecified atom stereocenters. The molecule has 2 atom stereocenters. The van der Waals surface area contributed by atoms with Crippen LogP contribution in [0.25, 0.3) is 0 Å². The van der Waals surface area contributed by atoms with E-state index in [1.807, 2.05) is 30.3 Å². The molecule has 6 heteroatoms. The van der Waals surface area contributed by atoms with Crippen LogP contribution in [0.5, 0.6) is 0 Å². The van der Waals surface area contributed by atoms with E-state index in [-0.39, 0.29) is 5.94 Å². The monoisotopic (exact) mass is 233 g/mol. The summed E-state index contributed by atoms with van der Waals surface area (Å²) in [5, 5.41) is 0. The normalized spacial score (nSPS) is 13.6. The van der Waals surface area contributed by atoms with Gasteiger partial charge >= 0.3 is 8.25 Å². The minimum atomic E-state index is -2.65. The van der Waals surface area contributed by atoms with Crippen LogP contribution in [0.4, 0.5) is 0 Å². The van der Waals surface area contributed by atoms with E-state index in [1.165, 1.54) is 0 Å². The lowest BCUT2D eigenvalue weighted by Crippen LogP contribution is -2.01. The molecular formula is C8H10O4PS+. The van der Waals surface area contributed by atoms with Gasteiger partial charge in [-0.2, -0.15) is 0 Å². The third-order valence-electron chi connectivity index (χ3n) is 1.47. The maximum atomic E-state index is 11.3. The van der Waals surface area contributed by atoms with Crippen LogP contribution in [-0.2, 0) is 25.6 Å². The molecule has 0 amide bonds. The Morgan fingerprint density at radius 1 is 1.36 bits per heavy atom. The Balaban J connectivity index is 2.38. The van der Waals surface area contributed by atoms with Crippen molar-refractivity contribution in [3.8, 4) is 0 Å². The molecule has 0 fully saturated rings. The molecule has 0 saturated heterocycles. The summed E-state index contributed by atoms with van der Waals surface area (Å²) in [7, 11) is -3.91. The predicted octanol–water partition coefficient (Wildman–Crippen LogP) is 1.56. The zero-order chi connectivity index (χ0) is 10.4. The first-order valence-electron chi connectivity index (χ1n) is 3.86. The summed E-state index contributed by atoms with van der Waals surface area (Å²) in [6.07, 6.45) is 0. The molecule has 1 aromatic carbocycles. The van der Waals surface area contributed by atoms with Crippen LogP contribution in [0, 0.1) is 0 Å². The van der Waals surface area contributed by atoms with Gasteiger partial charge in [0.2, 0.25) is 0 Å². The van der Waals surface area contributed by atoms with Gasteiger partial charge in [-0.3, -0.25) is 4.21 Å². The van der Waals surface area contributed by atoms with Crippen molar-refractivity contribution in [1.29, 1.82) is 0 Å². The Bertz CT molecular complexity index is 327. The van der Waals surface area contributed by atoms with Crippen LogP contribution in [0.1, 0.15) is 5.56 Å². The van der Waals surface area contributed by atoms with E-state index >= 15 is 0 Å². The second-order valence-corrected chi connectivity index (χ2v) is 4.69. The molecule has 0 aromatic heterocycles. The zero-order valence-electron chi connectivity index (χ0n) is 7.33. The quantitative estimate of drug-likeness (QED) is 0.784. The molecule has 1 N–H and O–H groups in total. The minimum absolute atomic E-state index is 0.208. The fraction of sp³-hybridized carbons (Fsp3) is 0.250. The molecule has 4 nitrogen and oxygen atoms in total. The van der Waals surface area contributed by atoms with E-state index in [9.17, 15) is 8.77 Å². The molecule has 0 saturated carbocycles. The molecule has 0 aliphatic heterocycles. The maximum Gasteiger partial charge on any atom is 0.695 e. The minimum Gasteiger partial charge on any atom is -0.257 e.